The number of benzene rings is 1. The van der Waals surface area contributed by atoms with Crippen molar-refractivity contribution in [1.82, 2.24) is 9.80 Å². The zero-order valence-electron chi connectivity index (χ0n) is 11.7. The lowest BCUT2D eigenvalue weighted by atomic mass is 10.2. The SMILES string of the molecule is C=CCN1CCN(C(=O)/C=C/c2cccc(N)c2)CC1. The number of carbonyl (C=O) groups is 1. The van der Waals surface area contributed by atoms with Gasteiger partial charge in [0.25, 0.3) is 0 Å². The van der Waals surface area contributed by atoms with E-state index in [4.69, 9.17) is 5.73 Å². The molecular weight excluding hydrogens is 250 g/mol. The number of hydrogen-bond donors (Lipinski definition) is 1. The number of rotatable bonds is 4. The minimum absolute atomic E-state index is 0.0608. The standard InChI is InChI=1S/C16H21N3O/c1-2-8-18-9-11-19(12-10-18)16(20)7-6-14-4-3-5-15(17)13-14/h2-7,13H,1,8-12,17H2/b7-6+. The third-order valence-electron chi connectivity index (χ3n) is 3.40. The molecule has 2 rings (SSSR count). The molecule has 1 aliphatic rings. The van der Waals surface area contributed by atoms with Crippen molar-refractivity contribution in [3.05, 3.63) is 48.6 Å². The van der Waals surface area contributed by atoms with Crippen molar-refractivity contribution < 1.29 is 4.79 Å². The molecular formula is C16H21N3O. The third kappa shape index (κ3) is 3.96. The van der Waals surface area contributed by atoms with Gasteiger partial charge in [-0.1, -0.05) is 18.2 Å². The molecule has 0 unspecified atom stereocenters. The second-order valence-corrected chi connectivity index (χ2v) is 4.92. The van der Waals surface area contributed by atoms with Crippen molar-refractivity contribution >= 4 is 17.7 Å². The van der Waals surface area contributed by atoms with E-state index in [1.807, 2.05) is 41.3 Å². The first-order valence-electron chi connectivity index (χ1n) is 6.85. The molecule has 1 aliphatic heterocycles. The average Bonchev–Trinajstić information content (AvgIpc) is 2.46. The van der Waals surface area contributed by atoms with E-state index in [1.165, 1.54) is 0 Å². The fraction of sp³-hybridized carbons (Fsp3) is 0.312. The number of nitrogens with two attached hydrogens (primary N) is 1. The topological polar surface area (TPSA) is 49.6 Å². The second kappa shape index (κ2) is 6.91. The molecule has 0 bridgehead atoms. The molecule has 0 saturated carbocycles. The zero-order valence-corrected chi connectivity index (χ0v) is 11.7. The van der Waals surface area contributed by atoms with Crippen LogP contribution in [-0.4, -0.2) is 48.4 Å². The quantitative estimate of drug-likeness (QED) is 0.514. The molecule has 1 aromatic carbocycles. The smallest absolute Gasteiger partial charge is 0.246 e. The molecule has 20 heavy (non-hydrogen) atoms. The average molecular weight is 271 g/mol. The van der Waals surface area contributed by atoms with Gasteiger partial charge in [-0.3, -0.25) is 9.69 Å². The van der Waals surface area contributed by atoms with Crippen LogP contribution in [0.25, 0.3) is 6.08 Å². The van der Waals surface area contributed by atoms with Crippen LogP contribution in [-0.2, 0) is 4.79 Å². The maximum absolute atomic E-state index is 12.1. The highest BCUT2D eigenvalue weighted by Crippen LogP contribution is 2.09. The largest absolute Gasteiger partial charge is 0.399 e. The van der Waals surface area contributed by atoms with E-state index >= 15 is 0 Å². The van der Waals surface area contributed by atoms with Crippen LogP contribution in [0.4, 0.5) is 5.69 Å². The Morgan fingerprint density at radius 3 is 2.70 bits per heavy atom. The molecule has 4 nitrogen and oxygen atoms in total. The van der Waals surface area contributed by atoms with Crippen LogP contribution in [0.3, 0.4) is 0 Å². The van der Waals surface area contributed by atoms with Crippen LogP contribution in [0.15, 0.2) is 43.0 Å². The molecule has 4 heteroatoms. The highest BCUT2D eigenvalue weighted by atomic mass is 16.2. The molecule has 0 radical (unpaired) electrons. The van der Waals surface area contributed by atoms with Gasteiger partial charge in [-0.05, 0) is 23.8 Å². The van der Waals surface area contributed by atoms with Gasteiger partial charge in [0.05, 0.1) is 0 Å². The third-order valence-corrected chi connectivity index (χ3v) is 3.40. The lowest BCUT2D eigenvalue weighted by Gasteiger charge is -2.33. The van der Waals surface area contributed by atoms with Crippen LogP contribution >= 0.6 is 0 Å². The van der Waals surface area contributed by atoms with Crippen LogP contribution < -0.4 is 5.73 Å². The van der Waals surface area contributed by atoms with Gasteiger partial charge in [-0.2, -0.15) is 0 Å². The minimum atomic E-state index is 0.0608. The number of anilines is 1. The van der Waals surface area contributed by atoms with Gasteiger partial charge in [-0.25, -0.2) is 0 Å². The summed E-state index contributed by atoms with van der Waals surface area (Å²) in [6, 6.07) is 7.50. The zero-order chi connectivity index (χ0) is 14.4. The van der Waals surface area contributed by atoms with Crippen molar-refractivity contribution in [3.8, 4) is 0 Å². The van der Waals surface area contributed by atoms with Gasteiger partial charge in [0.2, 0.25) is 5.91 Å². The van der Waals surface area contributed by atoms with Crippen LogP contribution in [0.1, 0.15) is 5.56 Å². The number of carbonyl (C=O) groups excluding carboxylic acids is 1. The molecule has 0 aliphatic carbocycles. The van der Waals surface area contributed by atoms with Crippen molar-refractivity contribution in [2.24, 2.45) is 0 Å². The van der Waals surface area contributed by atoms with Crippen molar-refractivity contribution in [1.29, 1.82) is 0 Å². The van der Waals surface area contributed by atoms with Crippen molar-refractivity contribution in [2.75, 3.05) is 38.5 Å². The predicted octanol–water partition coefficient (Wildman–Crippen LogP) is 1.61. The second-order valence-electron chi connectivity index (χ2n) is 4.92. The van der Waals surface area contributed by atoms with E-state index in [1.54, 1.807) is 6.08 Å². The van der Waals surface area contributed by atoms with Gasteiger partial charge in [0.1, 0.15) is 0 Å². The Balaban J connectivity index is 1.88. The molecule has 1 heterocycles. The molecule has 1 aromatic rings. The van der Waals surface area contributed by atoms with Crippen molar-refractivity contribution in [3.63, 3.8) is 0 Å². The molecule has 0 atom stereocenters. The summed E-state index contributed by atoms with van der Waals surface area (Å²) in [5.74, 6) is 0.0608. The highest BCUT2D eigenvalue weighted by Gasteiger charge is 2.18. The maximum atomic E-state index is 12.1. The summed E-state index contributed by atoms with van der Waals surface area (Å²) in [7, 11) is 0. The number of nitrogen functional groups attached to an aromatic ring is 1. The Hall–Kier alpha value is -2.07. The number of amides is 1. The Kier molecular flexibility index (Phi) is 4.96. The number of hydrogen-bond acceptors (Lipinski definition) is 3. The Labute approximate surface area is 120 Å². The molecule has 1 amide bonds. The first kappa shape index (κ1) is 14.3. The number of piperazine rings is 1. The van der Waals surface area contributed by atoms with Gasteiger partial charge in [0.15, 0.2) is 0 Å². The van der Waals surface area contributed by atoms with Crippen LogP contribution in [0.2, 0.25) is 0 Å². The predicted molar refractivity (Wildman–Crippen MR) is 83.1 cm³/mol. The van der Waals surface area contributed by atoms with Crippen molar-refractivity contribution in [2.45, 2.75) is 0 Å². The van der Waals surface area contributed by atoms with E-state index in [0.717, 1.165) is 38.3 Å². The van der Waals surface area contributed by atoms with Crippen LogP contribution in [0.5, 0.6) is 0 Å². The van der Waals surface area contributed by atoms with Gasteiger partial charge < -0.3 is 10.6 Å². The first-order chi connectivity index (χ1) is 9.69. The summed E-state index contributed by atoms with van der Waals surface area (Å²) in [5, 5.41) is 0. The fourth-order valence-corrected chi connectivity index (χ4v) is 2.27. The summed E-state index contributed by atoms with van der Waals surface area (Å²) in [6.45, 7) is 7.98. The van der Waals surface area contributed by atoms with E-state index in [-0.39, 0.29) is 5.91 Å². The van der Waals surface area contributed by atoms with Crippen LogP contribution in [0, 0.1) is 0 Å². The van der Waals surface area contributed by atoms with Gasteiger partial charge in [-0.15, -0.1) is 6.58 Å². The lowest BCUT2D eigenvalue weighted by molar-refractivity contribution is -0.127. The number of nitrogens with zero attached hydrogens (tertiary/aromatic N) is 2. The van der Waals surface area contributed by atoms with E-state index in [2.05, 4.69) is 11.5 Å². The Bertz CT molecular complexity index is 502. The minimum Gasteiger partial charge on any atom is -0.399 e. The Morgan fingerprint density at radius 1 is 1.30 bits per heavy atom. The molecule has 0 aromatic heterocycles. The van der Waals surface area contributed by atoms with E-state index in [9.17, 15) is 4.79 Å². The summed E-state index contributed by atoms with van der Waals surface area (Å²) >= 11 is 0. The summed E-state index contributed by atoms with van der Waals surface area (Å²) in [4.78, 5) is 16.3. The summed E-state index contributed by atoms with van der Waals surface area (Å²) in [6.07, 6.45) is 5.34. The molecule has 0 spiro atoms. The first-order valence-corrected chi connectivity index (χ1v) is 6.85. The van der Waals surface area contributed by atoms with E-state index < -0.39 is 0 Å². The fourth-order valence-electron chi connectivity index (χ4n) is 2.27. The normalized spacial score (nSPS) is 16.5. The lowest BCUT2D eigenvalue weighted by Crippen LogP contribution is -2.48. The van der Waals surface area contributed by atoms with E-state index in [0.29, 0.717) is 5.69 Å². The molecule has 1 saturated heterocycles. The van der Waals surface area contributed by atoms with Gasteiger partial charge in [0, 0.05) is 44.5 Å². The molecule has 1 fully saturated rings. The monoisotopic (exact) mass is 271 g/mol. The summed E-state index contributed by atoms with van der Waals surface area (Å²) < 4.78 is 0. The highest BCUT2D eigenvalue weighted by molar-refractivity contribution is 5.92. The summed E-state index contributed by atoms with van der Waals surface area (Å²) in [5.41, 5.74) is 7.36. The maximum Gasteiger partial charge on any atom is 0.246 e. The Morgan fingerprint density at radius 2 is 2.05 bits per heavy atom. The van der Waals surface area contributed by atoms with Gasteiger partial charge >= 0.3 is 0 Å². The molecule has 106 valence electrons. The molecule has 2 N–H and O–H groups in total.